The number of carbonyl (C=O) groups is 3. The van der Waals surface area contributed by atoms with Gasteiger partial charge in [0.25, 0.3) is 0 Å². The van der Waals surface area contributed by atoms with E-state index in [1.165, 1.54) is 6.42 Å². The Labute approximate surface area is 212 Å². The lowest BCUT2D eigenvalue weighted by atomic mass is 9.85. The number of rotatable bonds is 5. The molecule has 0 aromatic carbocycles. The number of carbonyl (C=O) groups excluding carboxylic acids is 1. The Kier molecular flexibility index (Phi) is 10.6. The predicted molar refractivity (Wildman–Crippen MR) is 117 cm³/mol. The van der Waals surface area contributed by atoms with Crippen LogP contribution in [0.2, 0.25) is 0 Å². The van der Waals surface area contributed by atoms with E-state index >= 15 is 0 Å². The summed E-state index contributed by atoms with van der Waals surface area (Å²) < 4.78 is 65.7. The van der Waals surface area contributed by atoms with E-state index in [1.54, 1.807) is 0 Å². The number of halogens is 6. The number of imidazole rings is 1. The SMILES string of the molecule is O=C(NCc1cn2c(n1)CN(Cc1ccccn1)CC2)C1CCC1.O=C(O)C(F)(F)F.O=C(O)C(F)(F)F. The lowest BCUT2D eigenvalue weighted by molar-refractivity contribution is -0.193. The van der Waals surface area contributed by atoms with Crippen LogP contribution in [0.4, 0.5) is 26.3 Å². The van der Waals surface area contributed by atoms with Gasteiger partial charge in [-0.1, -0.05) is 12.5 Å². The highest BCUT2D eigenvalue weighted by molar-refractivity contribution is 5.79. The molecule has 10 nitrogen and oxygen atoms in total. The molecule has 2 aromatic rings. The number of hydrogen-bond acceptors (Lipinski definition) is 6. The second-order valence-electron chi connectivity index (χ2n) is 8.33. The average Bonchev–Trinajstić information content (AvgIpc) is 3.19. The molecule has 0 bridgehead atoms. The van der Waals surface area contributed by atoms with E-state index in [0.717, 1.165) is 56.2 Å². The minimum atomic E-state index is -5.08. The van der Waals surface area contributed by atoms with Gasteiger partial charge in [0.1, 0.15) is 5.82 Å². The van der Waals surface area contributed by atoms with Crippen LogP contribution in [0.15, 0.2) is 30.6 Å². The van der Waals surface area contributed by atoms with Gasteiger partial charge in [0, 0.05) is 37.9 Å². The fourth-order valence-corrected chi connectivity index (χ4v) is 3.29. The zero-order valence-electron chi connectivity index (χ0n) is 19.8. The highest BCUT2D eigenvalue weighted by Crippen LogP contribution is 2.26. The highest BCUT2D eigenvalue weighted by atomic mass is 19.4. The minimum absolute atomic E-state index is 0.184. The molecule has 1 fully saturated rings. The third kappa shape index (κ3) is 9.99. The molecule has 0 atom stereocenters. The third-order valence-corrected chi connectivity index (χ3v) is 5.45. The number of carboxylic acid groups (broad SMARTS) is 2. The van der Waals surface area contributed by atoms with Gasteiger partial charge in [0.05, 0.1) is 24.5 Å². The summed E-state index contributed by atoms with van der Waals surface area (Å²) in [5.41, 5.74) is 2.04. The number of amides is 1. The molecule has 1 amide bonds. The maximum Gasteiger partial charge on any atom is 0.490 e. The van der Waals surface area contributed by atoms with Crippen molar-refractivity contribution in [3.05, 3.63) is 47.8 Å². The van der Waals surface area contributed by atoms with Crippen LogP contribution in [0.1, 0.15) is 36.5 Å². The predicted octanol–water partition coefficient (Wildman–Crippen LogP) is 2.98. The minimum Gasteiger partial charge on any atom is -0.475 e. The molecule has 4 rings (SSSR count). The average molecular weight is 553 g/mol. The number of aliphatic carboxylic acids is 2. The molecule has 3 N–H and O–H groups in total. The van der Waals surface area contributed by atoms with E-state index in [2.05, 4.69) is 32.0 Å². The van der Waals surface area contributed by atoms with Gasteiger partial charge in [-0.2, -0.15) is 26.3 Å². The first kappa shape index (κ1) is 30.5. The second kappa shape index (κ2) is 13.2. The molecular weight excluding hydrogens is 528 g/mol. The standard InChI is InChI=1S/C18H23N5O.2C2HF3O2/c24-18(14-4-3-5-14)20-10-16-12-23-9-8-22(13-17(23)21-16)11-15-6-1-2-7-19-15;2*3-2(4,5)1(6)7/h1-2,6-7,12,14H,3-5,8-11,13H2,(H,20,24);2*(H,6,7). The number of carboxylic acids is 2. The van der Waals surface area contributed by atoms with Crippen LogP contribution >= 0.6 is 0 Å². The summed E-state index contributed by atoms with van der Waals surface area (Å²) in [7, 11) is 0. The summed E-state index contributed by atoms with van der Waals surface area (Å²) in [4.78, 5) is 41.2. The summed E-state index contributed by atoms with van der Waals surface area (Å²) in [5.74, 6) is -4.02. The number of nitrogens with one attached hydrogen (secondary N) is 1. The quantitative estimate of drug-likeness (QED) is 0.481. The molecule has 38 heavy (non-hydrogen) atoms. The fourth-order valence-electron chi connectivity index (χ4n) is 3.29. The summed E-state index contributed by atoms with van der Waals surface area (Å²) in [5, 5.41) is 17.3. The van der Waals surface area contributed by atoms with Gasteiger partial charge in [-0.25, -0.2) is 14.6 Å². The van der Waals surface area contributed by atoms with Gasteiger partial charge in [0.15, 0.2) is 0 Å². The molecule has 1 saturated carbocycles. The molecule has 16 heteroatoms. The fraction of sp³-hybridized carbons (Fsp3) is 0.500. The monoisotopic (exact) mass is 553 g/mol. The topological polar surface area (TPSA) is 138 Å². The summed E-state index contributed by atoms with van der Waals surface area (Å²) in [6, 6.07) is 6.02. The molecule has 210 valence electrons. The van der Waals surface area contributed by atoms with E-state index in [9.17, 15) is 31.1 Å². The molecule has 0 saturated heterocycles. The second-order valence-corrected chi connectivity index (χ2v) is 8.33. The van der Waals surface area contributed by atoms with E-state index in [4.69, 9.17) is 24.8 Å². The van der Waals surface area contributed by atoms with Gasteiger partial charge in [-0.05, 0) is 25.0 Å². The maximum absolute atomic E-state index is 11.9. The lowest BCUT2D eigenvalue weighted by Gasteiger charge is -2.27. The molecule has 0 radical (unpaired) electrons. The maximum atomic E-state index is 11.9. The van der Waals surface area contributed by atoms with Crippen molar-refractivity contribution < 1.29 is 50.9 Å². The van der Waals surface area contributed by atoms with Gasteiger partial charge in [-0.15, -0.1) is 0 Å². The van der Waals surface area contributed by atoms with Crippen molar-refractivity contribution in [3.8, 4) is 0 Å². The van der Waals surface area contributed by atoms with Crippen molar-refractivity contribution in [2.24, 2.45) is 5.92 Å². The number of nitrogens with zero attached hydrogens (tertiary/aromatic N) is 4. The Balaban J connectivity index is 0.000000301. The largest absolute Gasteiger partial charge is 0.490 e. The summed E-state index contributed by atoms with van der Waals surface area (Å²) in [6.07, 6.45) is -3.00. The number of alkyl halides is 6. The number of fused-ring (bicyclic) bond motifs is 1. The van der Waals surface area contributed by atoms with Crippen LogP contribution in [-0.2, 0) is 40.6 Å². The van der Waals surface area contributed by atoms with E-state index in [0.29, 0.717) is 6.54 Å². The van der Waals surface area contributed by atoms with Crippen molar-refractivity contribution in [2.75, 3.05) is 6.54 Å². The molecule has 0 spiro atoms. The number of pyridine rings is 1. The van der Waals surface area contributed by atoms with E-state index in [1.807, 2.05) is 18.3 Å². The highest BCUT2D eigenvalue weighted by Gasteiger charge is 2.38. The van der Waals surface area contributed by atoms with Gasteiger partial charge >= 0.3 is 24.3 Å². The first-order valence-corrected chi connectivity index (χ1v) is 11.2. The van der Waals surface area contributed by atoms with Crippen LogP contribution < -0.4 is 5.32 Å². The Morgan fingerprint density at radius 1 is 0.974 bits per heavy atom. The Hall–Kier alpha value is -3.69. The van der Waals surface area contributed by atoms with Crippen LogP contribution in [-0.4, -0.2) is 66.4 Å². The third-order valence-electron chi connectivity index (χ3n) is 5.45. The molecule has 0 unspecified atom stereocenters. The summed E-state index contributed by atoms with van der Waals surface area (Å²) in [6.45, 7) is 4.14. The Bertz CT molecular complexity index is 1060. The molecular formula is C22H25F6N5O5. The first-order chi connectivity index (χ1) is 17.7. The number of hydrogen-bond donors (Lipinski definition) is 3. The zero-order valence-corrected chi connectivity index (χ0v) is 19.8. The van der Waals surface area contributed by atoms with Crippen molar-refractivity contribution in [3.63, 3.8) is 0 Å². The molecule has 3 heterocycles. The lowest BCUT2D eigenvalue weighted by Crippen LogP contribution is -2.34. The molecule has 1 aliphatic carbocycles. The number of aromatic nitrogens is 3. The van der Waals surface area contributed by atoms with Gasteiger partial charge in [0.2, 0.25) is 5.91 Å². The van der Waals surface area contributed by atoms with E-state index < -0.39 is 24.3 Å². The van der Waals surface area contributed by atoms with Crippen molar-refractivity contribution >= 4 is 17.8 Å². The van der Waals surface area contributed by atoms with Crippen LogP contribution in [0.25, 0.3) is 0 Å². The van der Waals surface area contributed by atoms with Crippen LogP contribution in [0, 0.1) is 5.92 Å². The van der Waals surface area contributed by atoms with E-state index in [-0.39, 0.29) is 11.8 Å². The van der Waals surface area contributed by atoms with Crippen LogP contribution in [0.3, 0.4) is 0 Å². The normalized spacial score (nSPS) is 15.5. The van der Waals surface area contributed by atoms with Crippen molar-refractivity contribution in [1.29, 1.82) is 0 Å². The zero-order chi connectivity index (χ0) is 28.5. The Morgan fingerprint density at radius 3 is 2.05 bits per heavy atom. The molecule has 2 aromatic heterocycles. The van der Waals surface area contributed by atoms with Gasteiger partial charge in [-0.3, -0.25) is 14.7 Å². The van der Waals surface area contributed by atoms with Crippen LogP contribution in [0.5, 0.6) is 0 Å². The first-order valence-electron chi connectivity index (χ1n) is 11.2. The Morgan fingerprint density at radius 2 is 1.58 bits per heavy atom. The van der Waals surface area contributed by atoms with Gasteiger partial charge < -0.3 is 20.1 Å². The molecule has 2 aliphatic rings. The van der Waals surface area contributed by atoms with Crippen molar-refractivity contribution in [2.45, 2.75) is 57.8 Å². The van der Waals surface area contributed by atoms with Crippen molar-refractivity contribution in [1.82, 2.24) is 24.8 Å². The molecule has 1 aliphatic heterocycles. The smallest absolute Gasteiger partial charge is 0.475 e. The summed E-state index contributed by atoms with van der Waals surface area (Å²) >= 11 is 0.